The van der Waals surface area contributed by atoms with Crippen molar-refractivity contribution in [3.05, 3.63) is 18.0 Å². The molecule has 2 aliphatic rings. The highest BCUT2D eigenvalue weighted by Gasteiger charge is 2.50. The number of carbonyl (C=O) groups excluding carboxylic acids is 1. The second kappa shape index (κ2) is 4.81. The van der Waals surface area contributed by atoms with Crippen molar-refractivity contribution in [3.63, 3.8) is 0 Å². The van der Waals surface area contributed by atoms with Crippen LogP contribution in [0.4, 0.5) is 4.79 Å². The molecular formula is C13H17N3O4. The van der Waals surface area contributed by atoms with Gasteiger partial charge >= 0.3 is 12.0 Å². The Morgan fingerprint density at radius 3 is 2.75 bits per heavy atom. The van der Waals surface area contributed by atoms with Crippen LogP contribution in [0.25, 0.3) is 0 Å². The second-order valence-corrected chi connectivity index (χ2v) is 5.70. The number of urea groups is 1. The van der Waals surface area contributed by atoms with Crippen molar-refractivity contribution in [2.75, 3.05) is 6.54 Å². The van der Waals surface area contributed by atoms with E-state index in [1.807, 2.05) is 6.07 Å². The van der Waals surface area contributed by atoms with E-state index in [1.54, 1.807) is 6.26 Å². The van der Waals surface area contributed by atoms with Gasteiger partial charge < -0.3 is 20.3 Å². The minimum Gasteiger partial charge on any atom is -0.481 e. The molecule has 0 aliphatic heterocycles. The molecule has 2 fully saturated rings. The minimum absolute atomic E-state index is 0.122. The van der Waals surface area contributed by atoms with E-state index < -0.39 is 11.4 Å². The first-order valence-corrected chi connectivity index (χ1v) is 6.77. The van der Waals surface area contributed by atoms with Crippen LogP contribution < -0.4 is 10.6 Å². The number of carboxylic acid groups (broad SMARTS) is 1. The molecule has 2 saturated carbocycles. The lowest BCUT2D eigenvalue weighted by Gasteiger charge is -2.34. The van der Waals surface area contributed by atoms with E-state index in [4.69, 9.17) is 9.63 Å². The number of nitrogens with one attached hydrogen (secondary N) is 2. The Labute approximate surface area is 115 Å². The summed E-state index contributed by atoms with van der Waals surface area (Å²) in [5, 5.41) is 18.4. The number of hydrogen-bond acceptors (Lipinski definition) is 4. The van der Waals surface area contributed by atoms with Crippen molar-refractivity contribution in [3.8, 4) is 0 Å². The fourth-order valence-electron chi connectivity index (χ4n) is 2.51. The van der Waals surface area contributed by atoms with E-state index in [0.717, 1.165) is 18.5 Å². The first-order chi connectivity index (χ1) is 9.59. The van der Waals surface area contributed by atoms with E-state index in [-0.39, 0.29) is 18.6 Å². The summed E-state index contributed by atoms with van der Waals surface area (Å²) in [4.78, 5) is 22.7. The lowest BCUT2D eigenvalue weighted by Crippen LogP contribution is -2.49. The molecule has 0 aromatic carbocycles. The summed E-state index contributed by atoms with van der Waals surface area (Å²) < 4.78 is 4.79. The van der Waals surface area contributed by atoms with Crippen molar-refractivity contribution >= 4 is 12.0 Å². The summed E-state index contributed by atoms with van der Waals surface area (Å²) in [6, 6.07) is 1.67. The smallest absolute Gasteiger partial charge is 0.315 e. The quantitative estimate of drug-likeness (QED) is 0.748. The molecule has 0 saturated heterocycles. The highest BCUT2D eigenvalue weighted by atomic mass is 16.5. The zero-order valence-corrected chi connectivity index (χ0v) is 11.0. The minimum atomic E-state index is -0.826. The molecule has 0 unspecified atom stereocenters. The van der Waals surface area contributed by atoms with Crippen LogP contribution in [-0.4, -0.2) is 34.9 Å². The number of rotatable bonds is 5. The Morgan fingerprint density at radius 2 is 2.20 bits per heavy atom. The predicted octanol–water partition coefficient (Wildman–Crippen LogP) is 1.08. The van der Waals surface area contributed by atoms with Gasteiger partial charge in [-0.25, -0.2) is 4.79 Å². The van der Waals surface area contributed by atoms with Crippen LogP contribution in [0, 0.1) is 5.41 Å². The van der Waals surface area contributed by atoms with Gasteiger partial charge in [-0.05, 0) is 25.7 Å². The second-order valence-electron chi connectivity index (χ2n) is 5.70. The Balaban J connectivity index is 1.37. The van der Waals surface area contributed by atoms with Gasteiger partial charge in [-0.3, -0.25) is 4.79 Å². The van der Waals surface area contributed by atoms with Crippen LogP contribution in [0.2, 0.25) is 0 Å². The highest BCUT2D eigenvalue weighted by molar-refractivity contribution is 5.80. The summed E-state index contributed by atoms with van der Waals surface area (Å²) in [5.41, 5.74) is 0.200. The number of aliphatic carboxylic acids is 1. The number of aromatic nitrogens is 1. The molecule has 3 N–H and O–H groups in total. The number of carboxylic acids is 1. The molecule has 1 aromatic rings. The van der Waals surface area contributed by atoms with Gasteiger partial charge in [0.1, 0.15) is 6.26 Å². The molecule has 2 amide bonds. The van der Waals surface area contributed by atoms with Crippen LogP contribution in [-0.2, 0) is 4.79 Å². The molecule has 3 rings (SSSR count). The summed E-state index contributed by atoms with van der Waals surface area (Å²) >= 11 is 0. The zero-order valence-electron chi connectivity index (χ0n) is 11.0. The maximum absolute atomic E-state index is 11.7. The van der Waals surface area contributed by atoms with Crippen LogP contribution in [0.15, 0.2) is 16.9 Å². The van der Waals surface area contributed by atoms with Crippen molar-refractivity contribution in [2.24, 2.45) is 5.41 Å². The van der Waals surface area contributed by atoms with Crippen molar-refractivity contribution in [1.82, 2.24) is 15.8 Å². The number of carbonyl (C=O) groups is 2. The van der Waals surface area contributed by atoms with E-state index >= 15 is 0 Å². The molecule has 108 valence electrons. The lowest BCUT2D eigenvalue weighted by molar-refractivity contribution is -0.143. The monoisotopic (exact) mass is 279 g/mol. The third kappa shape index (κ3) is 2.48. The summed E-state index contributed by atoms with van der Waals surface area (Å²) in [5.74, 6) is -0.486. The van der Waals surface area contributed by atoms with Gasteiger partial charge in [-0.1, -0.05) is 5.16 Å². The number of amides is 2. The van der Waals surface area contributed by atoms with E-state index in [9.17, 15) is 9.59 Å². The summed E-state index contributed by atoms with van der Waals surface area (Å²) in [6.45, 7) is 0.202. The van der Waals surface area contributed by atoms with Crippen molar-refractivity contribution in [2.45, 2.75) is 37.6 Å². The fourth-order valence-corrected chi connectivity index (χ4v) is 2.51. The van der Waals surface area contributed by atoms with Gasteiger partial charge in [0, 0.05) is 24.6 Å². The standard InChI is InChI=1S/C13H17N3O4/c17-11(18)13(2-3-13)7-14-12(19)15-9-5-8(6-9)10-1-4-20-16-10/h1,4,8-9H,2-3,5-7H2,(H,17,18)(H2,14,15,19). The van der Waals surface area contributed by atoms with Crippen molar-refractivity contribution < 1.29 is 19.2 Å². The van der Waals surface area contributed by atoms with Gasteiger partial charge in [-0.15, -0.1) is 0 Å². The number of nitrogens with zero attached hydrogens (tertiary/aromatic N) is 1. The average Bonchev–Trinajstić information content (AvgIpc) is 2.99. The molecular weight excluding hydrogens is 262 g/mol. The fraction of sp³-hybridized carbons (Fsp3) is 0.615. The molecule has 0 radical (unpaired) electrons. The Morgan fingerprint density at radius 1 is 1.45 bits per heavy atom. The number of hydrogen-bond donors (Lipinski definition) is 3. The van der Waals surface area contributed by atoms with E-state index in [0.29, 0.717) is 18.8 Å². The summed E-state index contributed by atoms with van der Waals surface area (Å²) in [6.07, 6.45) is 4.50. The van der Waals surface area contributed by atoms with Crippen LogP contribution >= 0.6 is 0 Å². The van der Waals surface area contributed by atoms with Gasteiger partial charge in [0.05, 0.1) is 11.1 Å². The molecule has 1 heterocycles. The Kier molecular flexibility index (Phi) is 3.11. The average molecular weight is 279 g/mol. The lowest BCUT2D eigenvalue weighted by atomic mass is 9.78. The van der Waals surface area contributed by atoms with Gasteiger partial charge in [0.25, 0.3) is 0 Å². The third-order valence-corrected chi connectivity index (χ3v) is 4.24. The first-order valence-electron chi connectivity index (χ1n) is 6.77. The maximum atomic E-state index is 11.7. The van der Waals surface area contributed by atoms with Crippen LogP contribution in [0.3, 0.4) is 0 Å². The molecule has 0 bridgehead atoms. The Bertz CT molecular complexity index is 504. The van der Waals surface area contributed by atoms with Gasteiger partial charge in [0.2, 0.25) is 0 Å². The zero-order chi connectivity index (χ0) is 14.2. The van der Waals surface area contributed by atoms with Crippen LogP contribution in [0.5, 0.6) is 0 Å². The molecule has 2 aliphatic carbocycles. The van der Waals surface area contributed by atoms with Crippen LogP contribution in [0.1, 0.15) is 37.3 Å². The predicted molar refractivity (Wildman–Crippen MR) is 68.1 cm³/mol. The highest BCUT2D eigenvalue weighted by Crippen LogP contribution is 2.45. The van der Waals surface area contributed by atoms with E-state index in [1.165, 1.54) is 0 Å². The van der Waals surface area contributed by atoms with Crippen molar-refractivity contribution in [1.29, 1.82) is 0 Å². The molecule has 20 heavy (non-hydrogen) atoms. The molecule has 0 spiro atoms. The Hall–Kier alpha value is -2.05. The van der Waals surface area contributed by atoms with E-state index in [2.05, 4.69) is 15.8 Å². The molecule has 1 aromatic heterocycles. The third-order valence-electron chi connectivity index (χ3n) is 4.24. The normalized spacial score (nSPS) is 26.4. The summed E-state index contributed by atoms with van der Waals surface area (Å²) in [7, 11) is 0. The van der Waals surface area contributed by atoms with Gasteiger partial charge in [-0.2, -0.15) is 0 Å². The maximum Gasteiger partial charge on any atom is 0.315 e. The van der Waals surface area contributed by atoms with Gasteiger partial charge in [0.15, 0.2) is 0 Å². The topological polar surface area (TPSA) is 104 Å². The SMILES string of the molecule is O=C(NCC1(C(=O)O)CC1)NC1CC(c2ccon2)C1. The molecule has 7 heteroatoms. The molecule has 7 nitrogen and oxygen atoms in total. The first kappa shape index (κ1) is 13.0. The largest absolute Gasteiger partial charge is 0.481 e. The molecule has 0 atom stereocenters.